The van der Waals surface area contributed by atoms with Gasteiger partial charge in [0.15, 0.2) is 5.96 Å². The number of nitrogens with one attached hydrogen (secondary N) is 3. The lowest BCUT2D eigenvalue weighted by Crippen LogP contribution is -2.45. The second kappa shape index (κ2) is 7.14. The molecule has 0 fully saturated rings. The van der Waals surface area contributed by atoms with Crippen LogP contribution in [0.2, 0.25) is 0 Å². The number of amides is 1. The molecule has 0 aromatic heterocycles. The normalized spacial score (nSPS) is 12.5. The van der Waals surface area contributed by atoms with Gasteiger partial charge >= 0.3 is 0 Å². The Balaban J connectivity index is 3.81. The Kier molecular flexibility index (Phi) is 6.61. The molecular weight excluding hydrogens is 216 g/mol. The molecule has 0 rings (SSSR count). The van der Waals surface area contributed by atoms with E-state index in [1.807, 2.05) is 34.6 Å². The fourth-order valence-electron chi connectivity index (χ4n) is 1.09. The summed E-state index contributed by atoms with van der Waals surface area (Å²) in [4.78, 5) is 15.6. The molecule has 0 saturated heterocycles. The Bertz CT molecular complexity index is 266. The predicted octanol–water partition coefficient (Wildman–Crippen LogP) is 0.722. The molecule has 17 heavy (non-hydrogen) atoms. The average Bonchev–Trinajstić information content (AvgIpc) is 2.20. The van der Waals surface area contributed by atoms with Gasteiger partial charge in [0.05, 0.1) is 0 Å². The van der Waals surface area contributed by atoms with E-state index < -0.39 is 0 Å². The Hall–Kier alpha value is -1.26. The Morgan fingerprint density at radius 1 is 1.18 bits per heavy atom. The summed E-state index contributed by atoms with van der Waals surface area (Å²) in [6, 6.07) is 0.338. The lowest BCUT2D eigenvalue weighted by atomic mass is 9.96. The lowest BCUT2D eigenvalue weighted by molar-refractivity contribution is -0.128. The highest BCUT2D eigenvalue weighted by atomic mass is 16.2. The van der Waals surface area contributed by atoms with Crippen LogP contribution >= 0.6 is 0 Å². The van der Waals surface area contributed by atoms with E-state index in [0.29, 0.717) is 19.1 Å². The molecule has 100 valence electrons. The van der Waals surface area contributed by atoms with Crippen molar-refractivity contribution in [2.24, 2.45) is 10.4 Å². The van der Waals surface area contributed by atoms with Gasteiger partial charge in [-0.3, -0.25) is 9.79 Å². The van der Waals surface area contributed by atoms with Gasteiger partial charge in [0.1, 0.15) is 0 Å². The molecule has 0 aromatic carbocycles. The maximum absolute atomic E-state index is 11.6. The van der Waals surface area contributed by atoms with E-state index in [4.69, 9.17) is 0 Å². The first-order chi connectivity index (χ1) is 7.77. The third-order valence-corrected chi connectivity index (χ3v) is 2.03. The molecule has 1 amide bonds. The van der Waals surface area contributed by atoms with Crippen molar-refractivity contribution in [3.63, 3.8) is 0 Å². The Labute approximate surface area is 104 Å². The van der Waals surface area contributed by atoms with Gasteiger partial charge in [-0.2, -0.15) is 0 Å². The monoisotopic (exact) mass is 242 g/mol. The number of hydrogen-bond donors (Lipinski definition) is 3. The van der Waals surface area contributed by atoms with Crippen LogP contribution < -0.4 is 16.0 Å². The van der Waals surface area contributed by atoms with Crippen molar-refractivity contribution in [3.8, 4) is 0 Å². The summed E-state index contributed by atoms with van der Waals surface area (Å²) in [6.07, 6.45) is 0. The van der Waals surface area contributed by atoms with Gasteiger partial charge in [0.25, 0.3) is 0 Å². The molecule has 0 saturated carbocycles. The molecule has 0 aliphatic rings. The van der Waals surface area contributed by atoms with E-state index in [1.165, 1.54) is 0 Å². The molecule has 0 aliphatic heterocycles. The van der Waals surface area contributed by atoms with Gasteiger partial charge in [0.2, 0.25) is 5.91 Å². The Morgan fingerprint density at radius 3 is 2.12 bits per heavy atom. The van der Waals surface area contributed by atoms with Crippen LogP contribution in [0.1, 0.15) is 34.6 Å². The first kappa shape index (κ1) is 15.7. The van der Waals surface area contributed by atoms with Crippen molar-refractivity contribution in [2.75, 3.05) is 20.1 Å². The number of rotatable bonds is 4. The molecule has 0 atom stereocenters. The van der Waals surface area contributed by atoms with Gasteiger partial charge in [-0.1, -0.05) is 20.8 Å². The van der Waals surface area contributed by atoms with Crippen molar-refractivity contribution in [1.29, 1.82) is 0 Å². The third-order valence-electron chi connectivity index (χ3n) is 2.03. The standard InChI is InChI=1S/C12H26N4O/c1-9(2)16-11(13-6)15-8-7-14-10(17)12(3,4)5/h9H,7-8H2,1-6H3,(H,14,17)(H2,13,15,16). The second-order valence-electron chi connectivity index (χ2n) is 5.30. The van der Waals surface area contributed by atoms with Crippen LogP contribution in [-0.2, 0) is 4.79 Å². The van der Waals surface area contributed by atoms with E-state index in [1.54, 1.807) is 7.05 Å². The van der Waals surface area contributed by atoms with Crippen molar-refractivity contribution < 1.29 is 4.79 Å². The van der Waals surface area contributed by atoms with E-state index in [9.17, 15) is 4.79 Å². The van der Waals surface area contributed by atoms with Gasteiger partial charge in [-0.05, 0) is 13.8 Å². The highest BCUT2D eigenvalue weighted by molar-refractivity contribution is 5.81. The maximum Gasteiger partial charge on any atom is 0.225 e. The van der Waals surface area contributed by atoms with Crippen LogP contribution in [-0.4, -0.2) is 38.0 Å². The van der Waals surface area contributed by atoms with Crippen LogP contribution in [0.25, 0.3) is 0 Å². The summed E-state index contributed by atoms with van der Waals surface area (Å²) in [5, 5.41) is 9.18. The second-order valence-corrected chi connectivity index (χ2v) is 5.30. The first-order valence-electron chi connectivity index (χ1n) is 6.03. The van der Waals surface area contributed by atoms with Crippen molar-refractivity contribution in [3.05, 3.63) is 0 Å². The number of nitrogens with zero attached hydrogens (tertiary/aromatic N) is 1. The van der Waals surface area contributed by atoms with Crippen molar-refractivity contribution in [2.45, 2.75) is 40.7 Å². The summed E-state index contributed by atoms with van der Waals surface area (Å²) in [6.45, 7) is 11.0. The van der Waals surface area contributed by atoms with Crippen molar-refractivity contribution in [1.82, 2.24) is 16.0 Å². The number of aliphatic imine (C=N–C) groups is 1. The molecular formula is C12H26N4O. The van der Waals surface area contributed by atoms with Gasteiger partial charge < -0.3 is 16.0 Å². The molecule has 5 nitrogen and oxygen atoms in total. The number of guanidine groups is 1. The van der Waals surface area contributed by atoms with Crippen LogP contribution in [0, 0.1) is 5.41 Å². The van der Waals surface area contributed by atoms with Gasteiger partial charge in [-0.25, -0.2) is 0 Å². The van der Waals surface area contributed by atoms with E-state index in [0.717, 1.165) is 5.96 Å². The van der Waals surface area contributed by atoms with E-state index in [2.05, 4.69) is 20.9 Å². The lowest BCUT2D eigenvalue weighted by Gasteiger charge is -2.18. The molecule has 0 bridgehead atoms. The minimum Gasteiger partial charge on any atom is -0.355 e. The molecule has 0 aromatic rings. The number of hydrogen-bond acceptors (Lipinski definition) is 2. The maximum atomic E-state index is 11.6. The summed E-state index contributed by atoms with van der Waals surface area (Å²) in [5.74, 6) is 0.816. The first-order valence-corrected chi connectivity index (χ1v) is 6.03. The van der Waals surface area contributed by atoms with E-state index >= 15 is 0 Å². The minimum absolute atomic E-state index is 0.0612. The predicted molar refractivity (Wildman–Crippen MR) is 72.1 cm³/mol. The smallest absolute Gasteiger partial charge is 0.225 e. The van der Waals surface area contributed by atoms with E-state index in [-0.39, 0.29) is 11.3 Å². The number of carbonyl (C=O) groups is 1. The van der Waals surface area contributed by atoms with Gasteiger partial charge in [-0.15, -0.1) is 0 Å². The molecule has 3 N–H and O–H groups in total. The summed E-state index contributed by atoms with van der Waals surface area (Å²) in [5.41, 5.74) is -0.335. The summed E-state index contributed by atoms with van der Waals surface area (Å²) in [7, 11) is 1.73. The van der Waals surface area contributed by atoms with Crippen LogP contribution in [0.15, 0.2) is 4.99 Å². The van der Waals surface area contributed by atoms with Crippen LogP contribution in [0.5, 0.6) is 0 Å². The molecule has 5 heteroatoms. The highest BCUT2D eigenvalue weighted by Crippen LogP contribution is 2.11. The zero-order valence-electron chi connectivity index (χ0n) is 11.8. The quantitative estimate of drug-likeness (QED) is 0.387. The average molecular weight is 242 g/mol. The largest absolute Gasteiger partial charge is 0.355 e. The number of carbonyl (C=O) groups excluding carboxylic acids is 1. The Morgan fingerprint density at radius 2 is 1.71 bits per heavy atom. The van der Waals surface area contributed by atoms with Crippen LogP contribution in [0.4, 0.5) is 0 Å². The summed E-state index contributed by atoms with van der Waals surface area (Å²) < 4.78 is 0. The molecule has 0 spiro atoms. The molecule has 0 unspecified atom stereocenters. The zero-order chi connectivity index (χ0) is 13.5. The van der Waals surface area contributed by atoms with Crippen LogP contribution in [0.3, 0.4) is 0 Å². The molecule has 0 heterocycles. The highest BCUT2D eigenvalue weighted by Gasteiger charge is 2.20. The molecule has 0 aliphatic carbocycles. The SMILES string of the molecule is CN=C(NCCNC(=O)C(C)(C)C)NC(C)C. The minimum atomic E-state index is -0.335. The summed E-state index contributed by atoms with van der Waals surface area (Å²) >= 11 is 0. The third kappa shape index (κ3) is 7.60. The topological polar surface area (TPSA) is 65.5 Å². The van der Waals surface area contributed by atoms with Crippen molar-refractivity contribution >= 4 is 11.9 Å². The zero-order valence-corrected chi connectivity index (χ0v) is 11.8. The molecule has 0 radical (unpaired) electrons. The fraction of sp³-hybridized carbons (Fsp3) is 0.833. The fourth-order valence-corrected chi connectivity index (χ4v) is 1.09. The van der Waals surface area contributed by atoms with Gasteiger partial charge in [0, 0.05) is 31.6 Å².